The molecule has 0 unspecified atom stereocenters. The molecule has 0 radical (unpaired) electrons. The summed E-state index contributed by atoms with van der Waals surface area (Å²) in [4.78, 5) is 24.4. The topological polar surface area (TPSA) is 163 Å². The molecule has 2 aliphatic rings. The van der Waals surface area contributed by atoms with Crippen molar-refractivity contribution in [2.24, 2.45) is 0 Å². The van der Waals surface area contributed by atoms with E-state index in [4.69, 9.17) is 9.47 Å². The lowest BCUT2D eigenvalue weighted by Gasteiger charge is -2.40. The summed E-state index contributed by atoms with van der Waals surface area (Å²) in [7, 11) is 1.24. The van der Waals surface area contributed by atoms with Crippen LogP contribution in [0.3, 0.4) is 0 Å². The average molecular weight is 601 g/mol. The Morgan fingerprint density at radius 1 is 1.18 bits per heavy atom. The highest BCUT2D eigenvalue weighted by Gasteiger charge is 2.44. The van der Waals surface area contributed by atoms with Crippen molar-refractivity contribution in [2.45, 2.75) is 81.4 Å². The summed E-state index contributed by atoms with van der Waals surface area (Å²) in [6.07, 6.45) is 7.25. The number of allylic oxidation sites excluding steroid dienone is 6. The molecule has 5 N–H and O–H groups in total. The summed E-state index contributed by atoms with van der Waals surface area (Å²) in [5.41, 5.74) is -1.39. The van der Waals surface area contributed by atoms with E-state index in [0.717, 1.165) is 6.42 Å². The zero-order valence-electron chi connectivity index (χ0n) is 21.5. The first kappa shape index (κ1) is 32.3. The van der Waals surface area contributed by atoms with Gasteiger partial charge in [-0.25, -0.2) is 0 Å². The van der Waals surface area contributed by atoms with Crippen LogP contribution in [-0.2, 0) is 23.8 Å². The number of hydrogen-bond donors (Lipinski definition) is 5. The van der Waals surface area contributed by atoms with E-state index in [-0.39, 0.29) is 35.1 Å². The van der Waals surface area contributed by atoms with Crippen molar-refractivity contribution in [3.63, 3.8) is 0 Å². The molecule has 10 nitrogen and oxygen atoms in total. The van der Waals surface area contributed by atoms with Crippen LogP contribution in [0.25, 0.3) is 0 Å². The van der Waals surface area contributed by atoms with Crippen LogP contribution in [0.1, 0.15) is 39.0 Å². The molecule has 2 rings (SSSR count). The molecule has 1 aliphatic heterocycles. The van der Waals surface area contributed by atoms with Crippen LogP contribution in [0, 0.1) is 0 Å². The van der Waals surface area contributed by atoms with E-state index in [1.807, 2.05) is 25.2 Å². The molecular weight excluding hydrogens is 564 g/mol. The maximum absolute atomic E-state index is 12.7. The molecule has 1 heterocycles. The summed E-state index contributed by atoms with van der Waals surface area (Å²) in [6.45, 7) is 1.42. The Hall–Kier alpha value is -1.96. The fraction of sp³-hybridized carbons (Fsp3) is 0.556. The highest BCUT2D eigenvalue weighted by molar-refractivity contribution is 9.12. The Kier molecular flexibility index (Phi) is 13.2. The van der Waals surface area contributed by atoms with Gasteiger partial charge < -0.3 is 39.7 Å². The maximum Gasteiger partial charge on any atom is 0.305 e. The van der Waals surface area contributed by atoms with Crippen LogP contribution in [0.4, 0.5) is 0 Å². The lowest BCUT2D eigenvalue weighted by Crippen LogP contribution is -2.59. The number of hydrogen-bond acceptors (Lipinski definition) is 10. The zero-order chi connectivity index (χ0) is 28.3. The van der Waals surface area contributed by atoms with Crippen molar-refractivity contribution < 1.29 is 49.3 Å². The standard InChI is InChI=1S/C27H37BrO10/c1-3-4-5-6-7-8-14-27(35)15-19(28)22(31)18(27)11-9-10-17(12-13-21(30)36-2)37-26-25(34)24(33)23(32)20(16-29)38-26/h4-5,7-11,15,17,20,23-26,29,32-35H,3,6,12-14,16H2,1-2H3/b5-4-,8-7-,10-9+,18-11?/t17-,20+,23+,24-,25+,26+,27+/m0/s1. The molecule has 212 valence electrons. The van der Waals surface area contributed by atoms with E-state index < -0.39 is 55.0 Å². The Balaban J connectivity index is 2.21. The number of Topliss-reactive ketones (excluding diaryl/α,β-unsaturated/α-hetero) is 1. The van der Waals surface area contributed by atoms with Crippen molar-refractivity contribution in [1.29, 1.82) is 0 Å². The van der Waals surface area contributed by atoms with Crippen LogP contribution < -0.4 is 0 Å². The number of methoxy groups -OCH3 is 1. The molecule has 38 heavy (non-hydrogen) atoms. The average Bonchev–Trinajstić information content (AvgIpc) is 3.11. The smallest absolute Gasteiger partial charge is 0.305 e. The second kappa shape index (κ2) is 15.6. The van der Waals surface area contributed by atoms with E-state index in [1.165, 1.54) is 31.4 Å². The number of ketones is 1. The largest absolute Gasteiger partial charge is 0.469 e. The Labute approximate surface area is 230 Å². The van der Waals surface area contributed by atoms with Crippen molar-refractivity contribution in [3.8, 4) is 0 Å². The van der Waals surface area contributed by atoms with E-state index in [0.29, 0.717) is 6.42 Å². The van der Waals surface area contributed by atoms with E-state index >= 15 is 0 Å². The van der Waals surface area contributed by atoms with Gasteiger partial charge in [0.25, 0.3) is 0 Å². The molecular formula is C27H37BrO10. The molecule has 0 aromatic rings. The van der Waals surface area contributed by atoms with Crippen LogP contribution in [0.2, 0.25) is 0 Å². The third-order valence-corrected chi connectivity index (χ3v) is 6.76. The molecule has 0 aromatic heterocycles. The van der Waals surface area contributed by atoms with Crippen molar-refractivity contribution in [1.82, 2.24) is 0 Å². The minimum absolute atomic E-state index is 0.0489. The number of esters is 1. The van der Waals surface area contributed by atoms with E-state index in [2.05, 4.69) is 20.7 Å². The number of ether oxygens (including phenoxy) is 3. The third-order valence-electron chi connectivity index (χ3n) is 6.17. The fourth-order valence-corrected chi connectivity index (χ4v) is 4.56. The molecule has 1 saturated heterocycles. The molecule has 0 amide bonds. The summed E-state index contributed by atoms with van der Waals surface area (Å²) < 4.78 is 16.1. The number of aliphatic hydroxyl groups is 5. The van der Waals surface area contributed by atoms with Crippen molar-refractivity contribution in [2.75, 3.05) is 13.7 Å². The zero-order valence-corrected chi connectivity index (χ0v) is 23.1. The van der Waals surface area contributed by atoms with Gasteiger partial charge in [0, 0.05) is 18.4 Å². The molecule has 0 spiro atoms. The van der Waals surface area contributed by atoms with Gasteiger partial charge in [-0.1, -0.05) is 49.5 Å². The van der Waals surface area contributed by atoms with Gasteiger partial charge in [0.15, 0.2) is 12.1 Å². The van der Waals surface area contributed by atoms with Gasteiger partial charge in [0.1, 0.15) is 30.0 Å². The highest BCUT2D eigenvalue weighted by Crippen LogP contribution is 2.36. The second-order valence-electron chi connectivity index (χ2n) is 8.99. The molecule has 11 heteroatoms. The molecule has 0 bridgehead atoms. The fourth-order valence-electron chi connectivity index (χ4n) is 3.97. The minimum Gasteiger partial charge on any atom is -0.469 e. The van der Waals surface area contributed by atoms with Gasteiger partial charge in [-0.05, 0) is 41.3 Å². The third kappa shape index (κ3) is 8.78. The van der Waals surface area contributed by atoms with Crippen LogP contribution in [0.15, 0.2) is 58.7 Å². The molecule has 1 aliphatic carbocycles. The monoisotopic (exact) mass is 600 g/mol. The van der Waals surface area contributed by atoms with Crippen LogP contribution >= 0.6 is 15.9 Å². The number of aliphatic hydroxyl groups excluding tert-OH is 4. The van der Waals surface area contributed by atoms with Crippen molar-refractivity contribution >= 4 is 27.7 Å². The summed E-state index contributed by atoms with van der Waals surface area (Å²) in [5, 5.41) is 50.9. The molecule has 0 saturated carbocycles. The number of halogens is 1. The lowest BCUT2D eigenvalue weighted by molar-refractivity contribution is -0.307. The first-order valence-electron chi connectivity index (χ1n) is 12.4. The normalized spacial score (nSPS) is 32.1. The maximum atomic E-state index is 12.7. The quantitative estimate of drug-likeness (QED) is 0.119. The van der Waals surface area contributed by atoms with Gasteiger partial charge in [0.2, 0.25) is 0 Å². The van der Waals surface area contributed by atoms with Gasteiger partial charge in [-0.2, -0.15) is 0 Å². The summed E-state index contributed by atoms with van der Waals surface area (Å²) in [6, 6.07) is 0. The Bertz CT molecular complexity index is 954. The Morgan fingerprint density at radius 3 is 2.55 bits per heavy atom. The van der Waals surface area contributed by atoms with Gasteiger partial charge in [-0.3, -0.25) is 9.59 Å². The Morgan fingerprint density at radius 2 is 1.89 bits per heavy atom. The summed E-state index contributed by atoms with van der Waals surface area (Å²) in [5.74, 6) is -0.884. The minimum atomic E-state index is -1.63. The number of rotatable bonds is 13. The highest BCUT2D eigenvalue weighted by atomic mass is 79.9. The van der Waals surface area contributed by atoms with Crippen LogP contribution in [0.5, 0.6) is 0 Å². The van der Waals surface area contributed by atoms with Gasteiger partial charge >= 0.3 is 5.97 Å². The van der Waals surface area contributed by atoms with Crippen molar-refractivity contribution in [3.05, 3.63) is 58.7 Å². The van der Waals surface area contributed by atoms with E-state index in [1.54, 1.807) is 6.08 Å². The molecule has 7 atom stereocenters. The molecule has 0 aromatic carbocycles. The van der Waals surface area contributed by atoms with E-state index in [9.17, 15) is 35.1 Å². The number of carbonyl (C=O) groups is 2. The SMILES string of the molecule is CC/C=C\C/C=C\C[C@@]1(O)C=C(Br)C(=O)C1=C/C=C/[C@@H](CCC(=O)OC)O[C@@H]1O[C@H](CO)[C@@H](O)[C@H](O)[C@H]1O. The predicted octanol–water partition coefficient (Wildman–Crippen LogP) is 1.50. The van der Waals surface area contributed by atoms with Crippen LogP contribution in [-0.4, -0.2) is 93.4 Å². The predicted molar refractivity (Wildman–Crippen MR) is 142 cm³/mol. The summed E-state index contributed by atoms with van der Waals surface area (Å²) >= 11 is 3.19. The number of carbonyl (C=O) groups excluding carboxylic acids is 2. The van der Waals surface area contributed by atoms with Gasteiger partial charge in [0.05, 0.1) is 24.3 Å². The lowest BCUT2D eigenvalue weighted by atomic mass is 9.92. The van der Waals surface area contributed by atoms with Gasteiger partial charge in [-0.15, -0.1) is 0 Å². The first-order valence-corrected chi connectivity index (χ1v) is 13.2. The molecule has 1 fully saturated rings. The first-order chi connectivity index (χ1) is 18.1. The second-order valence-corrected chi connectivity index (χ2v) is 9.84.